The van der Waals surface area contributed by atoms with Crippen molar-refractivity contribution in [1.82, 2.24) is 0 Å². The molecule has 0 amide bonds. The summed E-state index contributed by atoms with van der Waals surface area (Å²) in [6, 6.07) is 2.22. The number of aryl methyl sites for hydroxylation is 2. The minimum atomic E-state index is 0. The van der Waals surface area contributed by atoms with E-state index in [0.29, 0.717) is 0 Å². The van der Waals surface area contributed by atoms with Crippen LogP contribution in [-0.2, 0) is 0 Å². The van der Waals surface area contributed by atoms with Crippen molar-refractivity contribution < 1.29 is 0 Å². The van der Waals surface area contributed by atoms with E-state index in [2.05, 4.69) is 40.7 Å². The average molecular weight is 174 g/mol. The molecule has 0 saturated heterocycles. The summed E-state index contributed by atoms with van der Waals surface area (Å²) in [6.07, 6.45) is 0. The molecule has 0 nitrogen and oxygen atoms in total. The standard InChI is InChI=1S/C11H15.Mg.2H/c1-7-6-8(2)10(4)11(5)9(7)3;;;/h6H,5H2,1-4H3;;;. The molecule has 0 aromatic heterocycles. The lowest BCUT2D eigenvalue weighted by atomic mass is 9.96. The van der Waals surface area contributed by atoms with Gasteiger partial charge in [-0.2, -0.15) is 0 Å². The van der Waals surface area contributed by atoms with E-state index in [0.717, 1.165) is 0 Å². The average Bonchev–Trinajstić information content (AvgIpc) is 1.97. The maximum atomic E-state index is 4.04. The molecular formula is C11H17Mg. The molecule has 0 unspecified atom stereocenters. The summed E-state index contributed by atoms with van der Waals surface area (Å²) in [7, 11) is 0. The van der Waals surface area contributed by atoms with Gasteiger partial charge in [0.25, 0.3) is 0 Å². The Balaban J connectivity index is 0.00000121. The first-order valence-electron chi connectivity index (χ1n) is 3.93. The summed E-state index contributed by atoms with van der Waals surface area (Å²) in [5, 5.41) is 0. The number of hydrogen-bond acceptors (Lipinski definition) is 0. The van der Waals surface area contributed by atoms with Crippen molar-refractivity contribution in [2.75, 3.05) is 0 Å². The van der Waals surface area contributed by atoms with E-state index in [1.54, 1.807) is 0 Å². The second-order valence-corrected chi connectivity index (χ2v) is 3.24. The third-order valence-electron chi connectivity index (χ3n) is 2.52. The van der Waals surface area contributed by atoms with Crippen LogP contribution < -0.4 is 0 Å². The van der Waals surface area contributed by atoms with E-state index in [9.17, 15) is 0 Å². The van der Waals surface area contributed by atoms with Gasteiger partial charge in [0.05, 0.1) is 0 Å². The summed E-state index contributed by atoms with van der Waals surface area (Å²) in [4.78, 5) is 0. The molecule has 0 aliphatic rings. The number of benzene rings is 1. The first-order valence-corrected chi connectivity index (χ1v) is 3.93. The molecule has 0 aliphatic heterocycles. The molecule has 1 aromatic carbocycles. The maximum Gasteiger partial charge on any atom is 0.316 e. The second-order valence-electron chi connectivity index (χ2n) is 3.24. The molecule has 0 aliphatic carbocycles. The van der Waals surface area contributed by atoms with Crippen molar-refractivity contribution in [1.29, 1.82) is 0 Å². The Morgan fingerprint density at radius 3 is 1.58 bits per heavy atom. The van der Waals surface area contributed by atoms with E-state index < -0.39 is 0 Å². The minimum absolute atomic E-state index is 0. The predicted molar refractivity (Wildman–Crippen MR) is 58.4 cm³/mol. The fourth-order valence-electron chi connectivity index (χ4n) is 1.30. The van der Waals surface area contributed by atoms with E-state index in [1.165, 1.54) is 27.8 Å². The highest BCUT2D eigenvalue weighted by Gasteiger charge is 2.02. The van der Waals surface area contributed by atoms with Gasteiger partial charge in [-0.25, -0.2) is 0 Å². The summed E-state index contributed by atoms with van der Waals surface area (Å²) < 4.78 is 0. The van der Waals surface area contributed by atoms with E-state index >= 15 is 0 Å². The third kappa shape index (κ3) is 2.02. The molecule has 1 radical (unpaired) electrons. The molecule has 0 N–H and O–H groups in total. The highest BCUT2D eigenvalue weighted by molar-refractivity contribution is 5.75. The SMILES string of the molecule is [CH2]c1c(C)c(C)cc(C)c1C.[MgH2]. The van der Waals surface area contributed by atoms with Gasteiger partial charge < -0.3 is 0 Å². The third-order valence-corrected chi connectivity index (χ3v) is 2.52. The molecule has 1 rings (SSSR count). The zero-order valence-electron chi connectivity index (χ0n) is 7.78. The Morgan fingerprint density at radius 1 is 0.917 bits per heavy atom. The van der Waals surface area contributed by atoms with Crippen LogP contribution in [0.5, 0.6) is 0 Å². The molecule has 0 fully saturated rings. The van der Waals surface area contributed by atoms with Gasteiger partial charge in [-0.05, 0) is 62.4 Å². The summed E-state index contributed by atoms with van der Waals surface area (Å²) >= 11 is 0. The van der Waals surface area contributed by atoms with Crippen LogP contribution in [0.25, 0.3) is 0 Å². The van der Waals surface area contributed by atoms with Gasteiger partial charge in [-0.3, -0.25) is 0 Å². The molecule has 0 spiro atoms. The van der Waals surface area contributed by atoms with Gasteiger partial charge in [0.2, 0.25) is 0 Å². The molecule has 0 bridgehead atoms. The van der Waals surface area contributed by atoms with Crippen molar-refractivity contribution in [3.05, 3.63) is 40.8 Å². The van der Waals surface area contributed by atoms with E-state index in [-0.39, 0.29) is 23.1 Å². The highest BCUT2D eigenvalue weighted by Crippen LogP contribution is 2.19. The molecule has 0 saturated carbocycles. The van der Waals surface area contributed by atoms with Crippen LogP contribution in [0.1, 0.15) is 27.8 Å². The Kier molecular flexibility index (Phi) is 4.28. The number of rotatable bonds is 0. The van der Waals surface area contributed by atoms with Gasteiger partial charge in [0.15, 0.2) is 0 Å². The smallest absolute Gasteiger partial charge is 0.0558 e. The second kappa shape index (κ2) is 4.29. The monoisotopic (exact) mass is 173 g/mol. The first kappa shape index (κ1) is 12.0. The van der Waals surface area contributed by atoms with Gasteiger partial charge in [0.1, 0.15) is 0 Å². The number of hydrogen-bond donors (Lipinski definition) is 0. The molecule has 63 valence electrons. The van der Waals surface area contributed by atoms with Crippen LogP contribution in [0.2, 0.25) is 0 Å². The van der Waals surface area contributed by atoms with Crippen LogP contribution >= 0.6 is 0 Å². The Bertz CT molecular complexity index is 261. The van der Waals surface area contributed by atoms with Crippen LogP contribution in [0.3, 0.4) is 0 Å². The zero-order chi connectivity index (χ0) is 8.59. The molecule has 0 heterocycles. The van der Waals surface area contributed by atoms with E-state index in [4.69, 9.17) is 0 Å². The lowest BCUT2D eigenvalue weighted by molar-refractivity contribution is 1.21. The zero-order valence-corrected chi connectivity index (χ0v) is 7.78. The van der Waals surface area contributed by atoms with Crippen molar-refractivity contribution in [2.24, 2.45) is 0 Å². The summed E-state index contributed by atoms with van der Waals surface area (Å²) in [5.41, 5.74) is 6.54. The molecule has 1 aromatic rings. The Hall–Kier alpha value is -0.0138. The van der Waals surface area contributed by atoms with Gasteiger partial charge in [0, 0.05) is 0 Å². The van der Waals surface area contributed by atoms with E-state index in [1.807, 2.05) is 0 Å². The van der Waals surface area contributed by atoms with Gasteiger partial charge >= 0.3 is 23.1 Å². The van der Waals surface area contributed by atoms with Crippen LogP contribution in [0.4, 0.5) is 0 Å². The van der Waals surface area contributed by atoms with Crippen molar-refractivity contribution in [3.8, 4) is 0 Å². The minimum Gasteiger partial charge on any atom is -0.0558 e. The van der Waals surface area contributed by atoms with Crippen molar-refractivity contribution in [2.45, 2.75) is 27.7 Å². The lowest BCUT2D eigenvalue weighted by Crippen LogP contribution is -1.93. The highest BCUT2D eigenvalue weighted by atomic mass is 24.3. The normalized spacial score (nSPS) is 9.42. The quantitative estimate of drug-likeness (QED) is 0.528. The molecule has 12 heavy (non-hydrogen) atoms. The van der Waals surface area contributed by atoms with Crippen molar-refractivity contribution >= 4 is 23.1 Å². The Labute approximate surface area is 91.5 Å². The van der Waals surface area contributed by atoms with Crippen LogP contribution in [0.15, 0.2) is 6.07 Å². The van der Waals surface area contributed by atoms with Crippen LogP contribution in [-0.4, -0.2) is 23.1 Å². The summed E-state index contributed by atoms with van der Waals surface area (Å²) in [5.74, 6) is 0. The molecule has 0 atom stereocenters. The van der Waals surface area contributed by atoms with Gasteiger partial charge in [-0.15, -0.1) is 0 Å². The summed E-state index contributed by atoms with van der Waals surface area (Å²) in [6.45, 7) is 12.6. The predicted octanol–water partition coefficient (Wildman–Crippen LogP) is 2.19. The fraction of sp³-hybridized carbons (Fsp3) is 0.364. The van der Waals surface area contributed by atoms with Gasteiger partial charge in [-0.1, -0.05) is 6.07 Å². The fourth-order valence-corrected chi connectivity index (χ4v) is 1.30. The largest absolute Gasteiger partial charge is 0.316 e. The molecule has 1 heteroatoms. The topological polar surface area (TPSA) is 0 Å². The lowest BCUT2D eigenvalue weighted by Gasteiger charge is -2.10. The van der Waals surface area contributed by atoms with Crippen LogP contribution in [0, 0.1) is 34.6 Å². The maximum absolute atomic E-state index is 4.04. The Morgan fingerprint density at radius 2 is 1.25 bits per heavy atom. The molecular weight excluding hydrogens is 156 g/mol. The van der Waals surface area contributed by atoms with Crippen molar-refractivity contribution in [3.63, 3.8) is 0 Å². The first-order chi connectivity index (χ1) is 5.04.